The average Bonchev–Trinajstić information content (AvgIpc) is 2.64. The highest BCUT2D eigenvalue weighted by Gasteiger charge is 2.41. The van der Waals surface area contributed by atoms with E-state index in [1.54, 1.807) is 6.07 Å². The van der Waals surface area contributed by atoms with Gasteiger partial charge in [-0.2, -0.15) is 13.2 Å². The lowest BCUT2D eigenvalue weighted by Gasteiger charge is -2.36. The molecule has 0 saturated carbocycles. The first-order chi connectivity index (χ1) is 13.1. The Morgan fingerprint density at radius 2 is 1.71 bits per heavy atom. The number of carbonyl (C=O) groups excluding carboxylic acids is 1. The van der Waals surface area contributed by atoms with E-state index in [0.29, 0.717) is 35.1 Å². The second-order valence-electron chi connectivity index (χ2n) is 6.61. The van der Waals surface area contributed by atoms with E-state index in [0.717, 1.165) is 15.7 Å². The number of quaternary nitrogens is 1. The quantitative estimate of drug-likeness (QED) is 0.404. The Morgan fingerprint density at radius 1 is 1.11 bits per heavy atom. The summed E-state index contributed by atoms with van der Waals surface area (Å²) in [5.74, 6) is -0.841. The van der Waals surface area contributed by atoms with Gasteiger partial charge in [0.05, 0.1) is 22.2 Å². The van der Waals surface area contributed by atoms with Crippen LogP contribution in [0.25, 0.3) is 0 Å². The molecule has 0 aromatic heterocycles. The number of halogens is 5. The van der Waals surface area contributed by atoms with Crippen LogP contribution in [0.1, 0.15) is 34.3 Å². The molecule has 0 aliphatic carbocycles. The molecule has 1 heterocycles. The highest BCUT2D eigenvalue weighted by molar-refractivity contribution is 14.1. The molecule has 0 spiro atoms. The number of benzene rings is 2. The zero-order valence-corrected chi connectivity index (χ0v) is 18.8. The molecule has 0 unspecified atom stereocenters. The maximum atomic E-state index is 12.9. The van der Waals surface area contributed by atoms with Crippen molar-refractivity contribution in [1.82, 2.24) is 0 Å². The van der Waals surface area contributed by atoms with Gasteiger partial charge in [0.1, 0.15) is 16.9 Å². The smallest absolute Gasteiger partial charge is 0.416 e. The molecule has 0 radical (unpaired) electrons. The molecule has 3 rings (SSSR count). The summed E-state index contributed by atoms with van der Waals surface area (Å²) in [6.45, 7) is 1.37. The third-order valence-corrected chi connectivity index (χ3v) is 6.22. The summed E-state index contributed by atoms with van der Waals surface area (Å²) in [6.07, 6.45) is -3.47. The maximum absolute atomic E-state index is 12.9. The van der Waals surface area contributed by atoms with E-state index in [2.05, 4.69) is 5.32 Å². The Hall–Kier alpha value is -1.08. The number of ether oxygens (including phenoxy) is 1. The average molecular weight is 618 g/mol. The standard InChI is InChI=1S/C19H16F3I2NO3/c20-19(21,22)12-3-1-11(2-4-12)18(5-7-25-8-6-18)28-17(27)14-9-13(23)10-15(24)16(14)26/h1-4,9-10,25-26H,5-8H2/p+1. The van der Waals surface area contributed by atoms with Crippen LogP contribution in [-0.4, -0.2) is 24.2 Å². The minimum absolute atomic E-state index is 0.0529. The van der Waals surface area contributed by atoms with Crippen molar-refractivity contribution in [3.05, 3.63) is 60.2 Å². The number of piperidine rings is 1. The van der Waals surface area contributed by atoms with Crippen molar-refractivity contribution in [2.45, 2.75) is 24.6 Å². The van der Waals surface area contributed by atoms with E-state index >= 15 is 0 Å². The molecular weight excluding hydrogens is 601 g/mol. The molecule has 150 valence electrons. The van der Waals surface area contributed by atoms with Crippen molar-refractivity contribution in [3.63, 3.8) is 0 Å². The van der Waals surface area contributed by atoms with E-state index < -0.39 is 23.3 Å². The van der Waals surface area contributed by atoms with Crippen LogP contribution in [0.15, 0.2) is 36.4 Å². The predicted octanol–water partition coefficient (Wildman–Crippen LogP) is 4.03. The third-order valence-electron chi connectivity index (χ3n) is 4.78. The fraction of sp³-hybridized carbons (Fsp3) is 0.316. The van der Waals surface area contributed by atoms with Crippen LogP contribution in [0, 0.1) is 7.14 Å². The molecule has 2 aromatic carbocycles. The first-order valence-corrected chi connectivity index (χ1v) is 10.7. The van der Waals surface area contributed by atoms with Crippen molar-refractivity contribution in [2.24, 2.45) is 0 Å². The van der Waals surface area contributed by atoms with Gasteiger partial charge in [0, 0.05) is 16.4 Å². The van der Waals surface area contributed by atoms with Gasteiger partial charge >= 0.3 is 12.1 Å². The summed E-state index contributed by atoms with van der Waals surface area (Å²) in [6, 6.07) is 8.04. The normalized spacial score (nSPS) is 16.6. The molecule has 1 aliphatic heterocycles. The Balaban J connectivity index is 1.95. The van der Waals surface area contributed by atoms with Crippen molar-refractivity contribution < 1.29 is 33.1 Å². The van der Waals surface area contributed by atoms with Gasteiger partial charge in [0.15, 0.2) is 0 Å². The van der Waals surface area contributed by atoms with Gasteiger partial charge in [0.25, 0.3) is 0 Å². The van der Waals surface area contributed by atoms with Gasteiger partial charge in [-0.1, -0.05) is 12.1 Å². The maximum Gasteiger partial charge on any atom is 0.416 e. The molecule has 9 heteroatoms. The lowest BCUT2D eigenvalue weighted by molar-refractivity contribution is -0.668. The van der Waals surface area contributed by atoms with Crippen molar-refractivity contribution in [2.75, 3.05) is 13.1 Å². The Kier molecular flexibility index (Phi) is 6.44. The van der Waals surface area contributed by atoms with Crippen LogP contribution in [0.4, 0.5) is 13.2 Å². The summed E-state index contributed by atoms with van der Waals surface area (Å²) >= 11 is 3.97. The van der Waals surface area contributed by atoms with E-state index in [4.69, 9.17) is 4.74 Å². The van der Waals surface area contributed by atoms with Gasteiger partial charge in [-0.25, -0.2) is 4.79 Å². The summed E-state index contributed by atoms with van der Waals surface area (Å²) in [5.41, 5.74) is -1.18. The number of phenolic OH excluding ortho intramolecular Hbond substituents is 1. The Labute approximate surface area is 187 Å². The summed E-state index contributed by atoms with van der Waals surface area (Å²) in [4.78, 5) is 12.9. The van der Waals surface area contributed by atoms with Gasteiger partial charge < -0.3 is 15.2 Å². The summed E-state index contributed by atoms with van der Waals surface area (Å²) < 4.78 is 45.8. The van der Waals surface area contributed by atoms with Crippen LogP contribution in [0.5, 0.6) is 5.75 Å². The number of hydrogen-bond donors (Lipinski definition) is 2. The molecule has 1 fully saturated rings. The topological polar surface area (TPSA) is 63.1 Å². The minimum atomic E-state index is -4.42. The molecule has 1 saturated heterocycles. The molecule has 0 bridgehead atoms. The van der Waals surface area contributed by atoms with Gasteiger partial charge in [-0.15, -0.1) is 0 Å². The lowest BCUT2D eigenvalue weighted by atomic mass is 9.84. The fourth-order valence-electron chi connectivity index (χ4n) is 3.31. The monoisotopic (exact) mass is 618 g/mol. The number of nitrogens with two attached hydrogens (primary N) is 1. The van der Waals surface area contributed by atoms with Crippen LogP contribution in [0.2, 0.25) is 0 Å². The summed E-state index contributed by atoms with van der Waals surface area (Å²) in [5, 5.41) is 12.3. The molecule has 0 amide bonds. The molecular formula is C19H17F3I2NO3+. The van der Waals surface area contributed by atoms with E-state index in [9.17, 15) is 23.1 Å². The third kappa shape index (κ3) is 4.56. The molecule has 0 atom stereocenters. The second kappa shape index (κ2) is 8.34. The van der Waals surface area contributed by atoms with Crippen LogP contribution in [-0.2, 0) is 16.5 Å². The zero-order valence-electron chi connectivity index (χ0n) is 14.5. The van der Waals surface area contributed by atoms with E-state index in [-0.39, 0.29) is 11.3 Å². The highest BCUT2D eigenvalue weighted by Crippen LogP contribution is 2.38. The number of hydrogen-bond acceptors (Lipinski definition) is 3. The highest BCUT2D eigenvalue weighted by atomic mass is 127. The summed E-state index contributed by atoms with van der Waals surface area (Å²) in [7, 11) is 0. The van der Waals surface area contributed by atoms with Gasteiger partial charge in [-0.3, -0.25) is 0 Å². The van der Waals surface area contributed by atoms with Crippen LogP contribution < -0.4 is 5.32 Å². The van der Waals surface area contributed by atoms with Gasteiger partial charge in [-0.05, 0) is 75.0 Å². The first kappa shape index (κ1) is 21.6. The largest absolute Gasteiger partial charge is 0.506 e. The number of esters is 1. The van der Waals surface area contributed by atoms with Crippen molar-refractivity contribution >= 4 is 51.2 Å². The molecule has 2 aromatic rings. The molecule has 3 N–H and O–H groups in total. The minimum Gasteiger partial charge on any atom is -0.506 e. The predicted molar refractivity (Wildman–Crippen MR) is 113 cm³/mol. The number of carbonyl (C=O) groups is 1. The Bertz CT molecular complexity index is 879. The number of phenols is 1. The molecule has 1 aliphatic rings. The van der Waals surface area contributed by atoms with E-state index in [1.807, 2.05) is 45.2 Å². The van der Waals surface area contributed by atoms with Crippen molar-refractivity contribution in [1.29, 1.82) is 0 Å². The van der Waals surface area contributed by atoms with Crippen molar-refractivity contribution in [3.8, 4) is 5.75 Å². The van der Waals surface area contributed by atoms with Crippen LogP contribution in [0.3, 0.4) is 0 Å². The number of alkyl halides is 3. The molecule has 4 nitrogen and oxygen atoms in total. The van der Waals surface area contributed by atoms with E-state index in [1.165, 1.54) is 18.2 Å². The first-order valence-electron chi connectivity index (χ1n) is 8.53. The molecule has 28 heavy (non-hydrogen) atoms. The zero-order chi connectivity index (χ0) is 20.5. The van der Waals surface area contributed by atoms with Crippen LogP contribution >= 0.6 is 45.2 Å². The SMILES string of the molecule is O=C(OC1(c2ccc(C(F)(F)F)cc2)CC[NH2+]CC1)c1cc(I)cc(I)c1O. The number of rotatable bonds is 3. The fourth-order valence-corrected chi connectivity index (χ4v) is 5.15. The Morgan fingerprint density at radius 3 is 2.29 bits per heavy atom. The van der Waals surface area contributed by atoms with Gasteiger partial charge in [0.2, 0.25) is 0 Å². The second-order valence-corrected chi connectivity index (χ2v) is 9.02. The number of aromatic hydroxyl groups is 1. The lowest BCUT2D eigenvalue weighted by Crippen LogP contribution is -2.87.